The number of nitrogens with zero attached hydrogens (tertiary/aromatic N) is 1. The lowest BCUT2D eigenvalue weighted by molar-refractivity contribution is -0.117. The van der Waals surface area contributed by atoms with Gasteiger partial charge in [0.25, 0.3) is 0 Å². The SMILES string of the molecule is Cc1cc(C(Cl)c2ccc3c(c2)CC(=O)N3C)ccc1F. The molecule has 1 atom stereocenters. The highest BCUT2D eigenvalue weighted by Crippen LogP contribution is 2.35. The van der Waals surface area contributed by atoms with Gasteiger partial charge in [-0.2, -0.15) is 0 Å². The molecule has 3 rings (SSSR count). The summed E-state index contributed by atoms with van der Waals surface area (Å²) in [6.45, 7) is 1.72. The Morgan fingerprint density at radius 3 is 2.57 bits per heavy atom. The Morgan fingerprint density at radius 2 is 1.86 bits per heavy atom. The minimum Gasteiger partial charge on any atom is -0.315 e. The van der Waals surface area contributed by atoms with E-state index in [1.807, 2.05) is 18.2 Å². The van der Waals surface area contributed by atoms with Crippen LogP contribution < -0.4 is 4.90 Å². The van der Waals surface area contributed by atoms with Crippen LogP contribution in [0.1, 0.15) is 27.6 Å². The van der Waals surface area contributed by atoms with Gasteiger partial charge in [-0.1, -0.05) is 24.3 Å². The molecule has 0 radical (unpaired) electrons. The quantitative estimate of drug-likeness (QED) is 0.768. The number of carbonyl (C=O) groups is 1. The Kier molecular flexibility index (Phi) is 3.46. The average molecular weight is 304 g/mol. The lowest BCUT2D eigenvalue weighted by atomic mass is 9.99. The molecular formula is C17H15ClFNO. The molecule has 0 N–H and O–H groups in total. The number of hydrogen-bond acceptors (Lipinski definition) is 1. The number of carbonyl (C=O) groups excluding carboxylic acids is 1. The molecule has 0 aromatic heterocycles. The zero-order chi connectivity index (χ0) is 15.1. The van der Waals surface area contributed by atoms with Gasteiger partial charge in [0, 0.05) is 12.7 Å². The van der Waals surface area contributed by atoms with E-state index >= 15 is 0 Å². The third kappa shape index (κ3) is 2.42. The zero-order valence-corrected chi connectivity index (χ0v) is 12.6. The first-order chi connectivity index (χ1) is 9.97. The second-order valence-electron chi connectivity index (χ2n) is 5.39. The van der Waals surface area contributed by atoms with Gasteiger partial charge in [-0.15, -0.1) is 11.6 Å². The summed E-state index contributed by atoms with van der Waals surface area (Å²) in [4.78, 5) is 13.4. The van der Waals surface area contributed by atoms with Crippen molar-refractivity contribution < 1.29 is 9.18 Å². The molecule has 1 aliphatic heterocycles. The van der Waals surface area contributed by atoms with E-state index in [1.54, 1.807) is 31.0 Å². The Bertz CT molecular complexity index is 729. The van der Waals surface area contributed by atoms with Crippen LogP contribution in [0.3, 0.4) is 0 Å². The maximum Gasteiger partial charge on any atom is 0.231 e. The minimum atomic E-state index is -0.351. The summed E-state index contributed by atoms with van der Waals surface area (Å²) in [6.07, 6.45) is 0.408. The molecule has 0 saturated heterocycles. The van der Waals surface area contributed by atoms with Crippen molar-refractivity contribution in [3.05, 3.63) is 64.5 Å². The summed E-state index contributed by atoms with van der Waals surface area (Å²) in [7, 11) is 1.77. The van der Waals surface area contributed by atoms with E-state index in [9.17, 15) is 9.18 Å². The van der Waals surface area contributed by atoms with Crippen molar-refractivity contribution in [3.8, 4) is 0 Å². The van der Waals surface area contributed by atoms with Crippen molar-refractivity contribution in [3.63, 3.8) is 0 Å². The minimum absolute atomic E-state index is 0.0888. The van der Waals surface area contributed by atoms with Crippen LogP contribution in [0.2, 0.25) is 0 Å². The molecule has 4 heteroatoms. The van der Waals surface area contributed by atoms with Gasteiger partial charge in [0.1, 0.15) is 5.82 Å². The Morgan fingerprint density at radius 1 is 1.19 bits per heavy atom. The van der Waals surface area contributed by atoms with E-state index in [-0.39, 0.29) is 17.1 Å². The summed E-state index contributed by atoms with van der Waals surface area (Å²) in [5.74, 6) is -0.144. The number of likely N-dealkylation sites (N-methyl/N-ethyl adjacent to an activating group) is 1. The summed E-state index contributed by atoms with van der Waals surface area (Å²) >= 11 is 6.51. The molecule has 0 aliphatic carbocycles. The van der Waals surface area contributed by atoms with Crippen LogP contribution in [0.4, 0.5) is 10.1 Å². The van der Waals surface area contributed by atoms with Crippen LogP contribution in [0.5, 0.6) is 0 Å². The highest BCUT2D eigenvalue weighted by atomic mass is 35.5. The molecule has 0 saturated carbocycles. The zero-order valence-electron chi connectivity index (χ0n) is 11.9. The fraction of sp³-hybridized carbons (Fsp3) is 0.235. The van der Waals surface area contributed by atoms with Crippen molar-refractivity contribution >= 4 is 23.2 Å². The smallest absolute Gasteiger partial charge is 0.231 e. The van der Waals surface area contributed by atoms with Crippen molar-refractivity contribution in [2.24, 2.45) is 0 Å². The summed E-state index contributed by atoms with van der Waals surface area (Å²) in [6, 6.07) is 10.7. The predicted octanol–water partition coefficient (Wildman–Crippen LogP) is 3.98. The number of amides is 1. The van der Waals surface area contributed by atoms with Crippen LogP contribution in [-0.2, 0) is 11.2 Å². The second-order valence-corrected chi connectivity index (χ2v) is 5.83. The molecule has 1 amide bonds. The number of fused-ring (bicyclic) bond motifs is 1. The van der Waals surface area contributed by atoms with Gasteiger partial charge in [0.05, 0.1) is 11.8 Å². The van der Waals surface area contributed by atoms with Crippen LogP contribution >= 0.6 is 11.6 Å². The molecule has 1 unspecified atom stereocenters. The molecule has 0 bridgehead atoms. The van der Waals surface area contributed by atoms with E-state index < -0.39 is 0 Å². The molecule has 0 fully saturated rings. The third-order valence-electron chi connectivity index (χ3n) is 3.95. The highest BCUT2D eigenvalue weighted by molar-refractivity contribution is 6.22. The summed E-state index contributed by atoms with van der Waals surface area (Å²) in [5.41, 5.74) is 4.28. The first kappa shape index (κ1) is 14.1. The number of benzene rings is 2. The van der Waals surface area contributed by atoms with E-state index in [1.165, 1.54) is 6.07 Å². The maximum absolute atomic E-state index is 13.3. The number of alkyl halides is 1. The number of hydrogen-bond donors (Lipinski definition) is 0. The summed E-state index contributed by atoms with van der Waals surface area (Å²) < 4.78 is 13.3. The Hall–Kier alpha value is -1.87. The first-order valence-corrected chi connectivity index (χ1v) is 7.20. The van der Waals surface area contributed by atoms with Crippen LogP contribution in [0.15, 0.2) is 36.4 Å². The van der Waals surface area contributed by atoms with Gasteiger partial charge in [-0.25, -0.2) is 4.39 Å². The lowest BCUT2D eigenvalue weighted by Gasteiger charge is -2.14. The fourth-order valence-electron chi connectivity index (χ4n) is 2.67. The Balaban J connectivity index is 1.96. The van der Waals surface area contributed by atoms with E-state index in [0.717, 1.165) is 22.4 Å². The lowest BCUT2D eigenvalue weighted by Crippen LogP contribution is -2.20. The number of anilines is 1. The van der Waals surface area contributed by atoms with Crippen molar-refractivity contribution in [1.29, 1.82) is 0 Å². The van der Waals surface area contributed by atoms with Gasteiger partial charge in [0.2, 0.25) is 5.91 Å². The molecule has 2 nitrogen and oxygen atoms in total. The number of aryl methyl sites for hydroxylation is 1. The van der Waals surface area contributed by atoms with Crippen LogP contribution in [0, 0.1) is 12.7 Å². The third-order valence-corrected chi connectivity index (χ3v) is 4.45. The number of rotatable bonds is 2. The van der Waals surface area contributed by atoms with Gasteiger partial charge in [-0.05, 0) is 41.3 Å². The van der Waals surface area contributed by atoms with Gasteiger partial charge in [0.15, 0.2) is 0 Å². The van der Waals surface area contributed by atoms with E-state index in [0.29, 0.717) is 12.0 Å². The van der Waals surface area contributed by atoms with E-state index in [4.69, 9.17) is 11.6 Å². The maximum atomic E-state index is 13.3. The van der Waals surface area contributed by atoms with E-state index in [2.05, 4.69) is 0 Å². The standard InChI is InChI=1S/C17H15ClFNO/c1-10-7-11(3-5-14(10)19)17(18)12-4-6-15-13(8-12)9-16(21)20(15)2/h3-8,17H,9H2,1-2H3. The largest absolute Gasteiger partial charge is 0.315 e. The van der Waals surface area contributed by atoms with Crippen molar-refractivity contribution in [2.75, 3.05) is 11.9 Å². The van der Waals surface area contributed by atoms with Gasteiger partial charge < -0.3 is 4.90 Å². The average Bonchev–Trinajstić information content (AvgIpc) is 2.76. The molecule has 1 aliphatic rings. The normalized spacial score (nSPS) is 15.2. The molecule has 21 heavy (non-hydrogen) atoms. The monoisotopic (exact) mass is 303 g/mol. The Labute approximate surface area is 128 Å². The first-order valence-electron chi connectivity index (χ1n) is 6.77. The molecule has 1 heterocycles. The molecular weight excluding hydrogens is 289 g/mol. The predicted molar refractivity (Wildman–Crippen MR) is 82.4 cm³/mol. The molecule has 2 aromatic rings. The number of halogens is 2. The van der Waals surface area contributed by atoms with Crippen LogP contribution in [0.25, 0.3) is 0 Å². The second kappa shape index (κ2) is 5.15. The van der Waals surface area contributed by atoms with Crippen LogP contribution in [-0.4, -0.2) is 13.0 Å². The topological polar surface area (TPSA) is 20.3 Å². The van der Waals surface area contributed by atoms with Gasteiger partial charge >= 0.3 is 0 Å². The molecule has 2 aromatic carbocycles. The summed E-state index contributed by atoms with van der Waals surface area (Å²) in [5, 5.41) is -0.351. The van der Waals surface area contributed by atoms with Crippen molar-refractivity contribution in [1.82, 2.24) is 0 Å². The molecule has 0 spiro atoms. The molecule has 108 valence electrons. The van der Waals surface area contributed by atoms with Crippen molar-refractivity contribution in [2.45, 2.75) is 18.7 Å². The highest BCUT2D eigenvalue weighted by Gasteiger charge is 2.25. The fourth-order valence-corrected chi connectivity index (χ4v) is 2.94. The van der Waals surface area contributed by atoms with Gasteiger partial charge in [-0.3, -0.25) is 4.79 Å².